The summed E-state index contributed by atoms with van der Waals surface area (Å²) in [6.07, 6.45) is 2.64. The molecule has 0 fully saturated rings. The molecule has 0 aromatic heterocycles. The lowest BCUT2D eigenvalue weighted by molar-refractivity contribution is 0.330. The Labute approximate surface area is 122 Å². The summed E-state index contributed by atoms with van der Waals surface area (Å²) in [4.78, 5) is 0. The number of unbranched alkanes of at least 4 members (excludes halogenated alkanes) is 1. The SMILES string of the molecule is CCCC.Cc1ccc(-c2ccc(OCN)cc2)cc1. The highest BCUT2D eigenvalue weighted by molar-refractivity contribution is 5.64. The van der Waals surface area contributed by atoms with Gasteiger partial charge in [0.1, 0.15) is 12.5 Å². The maximum Gasteiger partial charge on any atom is 0.137 e. The Hall–Kier alpha value is -1.80. The molecule has 0 unspecified atom stereocenters. The Morgan fingerprint density at radius 3 is 1.65 bits per heavy atom. The highest BCUT2D eigenvalue weighted by atomic mass is 16.5. The quantitative estimate of drug-likeness (QED) is 0.813. The van der Waals surface area contributed by atoms with E-state index in [1.54, 1.807) is 0 Å². The van der Waals surface area contributed by atoms with Crippen LogP contribution >= 0.6 is 0 Å². The molecule has 2 aromatic rings. The standard InChI is InChI=1S/C14H15NO.C4H10/c1-11-2-4-12(5-3-11)13-6-8-14(9-7-13)16-10-15;1-3-4-2/h2-9H,10,15H2,1H3;3-4H2,1-2H3. The van der Waals surface area contributed by atoms with Crippen LogP contribution in [-0.4, -0.2) is 6.73 Å². The second kappa shape index (κ2) is 9.16. The molecule has 0 aliphatic heterocycles. The maximum atomic E-state index is 5.30. The number of ether oxygens (including phenoxy) is 1. The molecule has 20 heavy (non-hydrogen) atoms. The summed E-state index contributed by atoms with van der Waals surface area (Å²) in [5, 5.41) is 0. The van der Waals surface area contributed by atoms with Crippen molar-refractivity contribution in [3.05, 3.63) is 54.1 Å². The molecule has 2 N–H and O–H groups in total. The van der Waals surface area contributed by atoms with E-state index in [-0.39, 0.29) is 6.73 Å². The van der Waals surface area contributed by atoms with Gasteiger partial charge in [-0.05, 0) is 30.2 Å². The van der Waals surface area contributed by atoms with Crippen molar-refractivity contribution in [3.8, 4) is 16.9 Å². The van der Waals surface area contributed by atoms with Crippen molar-refractivity contribution in [2.45, 2.75) is 33.6 Å². The fourth-order valence-electron chi connectivity index (χ4n) is 1.59. The summed E-state index contributed by atoms with van der Waals surface area (Å²) in [5.74, 6) is 0.804. The van der Waals surface area contributed by atoms with Crippen molar-refractivity contribution < 1.29 is 4.74 Å². The summed E-state index contributed by atoms with van der Waals surface area (Å²) in [6, 6.07) is 16.4. The number of nitrogens with two attached hydrogens (primary N) is 1. The third-order valence-electron chi connectivity index (χ3n) is 2.99. The van der Waals surface area contributed by atoms with Crippen molar-refractivity contribution >= 4 is 0 Å². The molecule has 0 aliphatic rings. The van der Waals surface area contributed by atoms with Crippen molar-refractivity contribution in [1.29, 1.82) is 0 Å². The smallest absolute Gasteiger partial charge is 0.137 e. The lowest BCUT2D eigenvalue weighted by Gasteiger charge is -2.05. The van der Waals surface area contributed by atoms with Gasteiger partial charge in [-0.15, -0.1) is 0 Å². The van der Waals surface area contributed by atoms with Gasteiger partial charge in [0.25, 0.3) is 0 Å². The summed E-state index contributed by atoms with van der Waals surface area (Å²) in [6.45, 7) is 6.66. The first-order chi connectivity index (χ1) is 9.71. The molecule has 2 rings (SSSR count). The van der Waals surface area contributed by atoms with Crippen LogP contribution in [0.25, 0.3) is 11.1 Å². The molecule has 0 amide bonds. The zero-order valence-corrected chi connectivity index (χ0v) is 12.7. The summed E-state index contributed by atoms with van der Waals surface area (Å²) in [7, 11) is 0. The van der Waals surface area contributed by atoms with Gasteiger partial charge >= 0.3 is 0 Å². The average molecular weight is 271 g/mol. The second-order valence-corrected chi connectivity index (χ2v) is 4.70. The molecule has 2 heteroatoms. The lowest BCUT2D eigenvalue weighted by Crippen LogP contribution is -2.06. The second-order valence-electron chi connectivity index (χ2n) is 4.70. The first kappa shape index (κ1) is 16.3. The summed E-state index contributed by atoms with van der Waals surface area (Å²) < 4.78 is 5.19. The highest BCUT2D eigenvalue weighted by Gasteiger charge is 1.97. The van der Waals surface area contributed by atoms with Crippen LogP contribution in [0.2, 0.25) is 0 Å². The molecule has 0 atom stereocenters. The Balaban J connectivity index is 0.000000444. The minimum Gasteiger partial charge on any atom is -0.479 e. The van der Waals surface area contributed by atoms with E-state index in [1.807, 2.05) is 24.3 Å². The van der Waals surface area contributed by atoms with E-state index in [0.29, 0.717) is 0 Å². The Morgan fingerprint density at radius 2 is 1.25 bits per heavy atom. The zero-order chi connectivity index (χ0) is 14.8. The van der Waals surface area contributed by atoms with Crippen LogP contribution in [0.1, 0.15) is 32.3 Å². The fraction of sp³-hybridized carbons (Fsp3) is 0.333. The van der Waals surface area contributed by atoms with E-state index in [9.17, 15) is 0 Å². The van der Waals surface area contributed by atoms with Gasteiger partial charge in [-0.25, -0.2) is 0 Å². The topological polar surface area (TPSA) is 35.2 Å². The molecular formula is C18H25NO. The predicted octanol–water partition coefficient (Wildman–Crippen LogP) is 4.76. The van der Waals surface area contributed by atoms with Crippen molar-refractivity contribution in [3.63, 3.8) is 0 Å². The van der Waals surface area contributed by atoms with Crippen LogP contribution in [0, 0.1) is 6.92 Å². The molecule has 0 saturated carbocycles. The first-order valence-corrected chi connectivity index (χ1v) is 7.21. The van der Waals surface area contributed by atoms with Crippen LogP contribution in [0.5, 0.6) is 5.75 Å². The lowest BCUT2D eigenvalue weighted by atomic mass is 10.0. The molecule has 2 aromatic carbocycles. The van der Waals surface area contributed by atoms with E-state index in [4.69, 9.17) is 10.5 Å². The molecule has 0 heterocycles. The van der Waals surface area contributed by atoms with E-state index in [0.717, 1.165) is 5.75 Å². The molecule has 0 bridgehead atoms. The molecule has 0 spiro atoms. The Bertz CT molecular complexity index is 472. The molecular weight excluding hydrogens is 246 g/mol. The van der Waals surface area contributed by atoms with Crippen molar-refractivity contribution in [1.82, 2.24) is 0 Å². The predicted molar refractivity (Wildman–Crippen MR) is 86.9 cm³/mol. The van der Waals surface area contributed by atoms with Gasteiger partial charge in [0.05, 0.1) is 0 Å². The number of hydrogen-bond acceptors (Lipinski definition) is 2. The number of hydrogen-bond donors (Lipinski definition) is 1. The van der Waals surface area contributed by atoms with E-state index in [2.05, 4.69) is 45.0 Å². The first-order valence-electron chi connectivity index (χ1n) is 7.21. The van der Waals surface area contributed by atoms with Gasteiger partial charge in [0.2, 0.25) is 0 Å². The zero-order valence-electron chi connectivity index (χ0n) is 12.7. The normalized spacial score (nSPS) is 9.60. The molecule has 0 aliphatic carbocycles. The Kier molecular flexibility index (Phi) is 7.44. The summed E-state index contributed by atoms with van der Waals surface area (Å²) in [5.41, 5.74) is 8.97. The van der Waals surface area contributed by atoms with Gasteiger partial charge < -0.3 is 4.74 Å². The van der Waals surface area contributed by atoms with Crippen molar-refractivity contribution in [2.24, 2.45) is 5.73 Å². The van der Waals surface area contributed by atoms with Gasteiger partial charge in [0, 0.05) is 0 Å². The minimum absolute atomic E-state index is 0.212. The fourth-order valence-corrected chi connectivity index (χ4v) is 1.59. The van der Waals surface area contributed by atoms with Gasteiger partial charge in [0.15, 0.2) is 0 Å². The van der Waals surface area contributed by atoms with Gasteiger partial charge in [-0.3, -0.25) is 5.73 Å². The van der Waals surface area contributed by atoms with E-state index >= 15 is 0 Å². The van der Waals surface area contributed by atoms with Gasteiger partial charge in [-0.2, -0.15) is 0 Å². The minimum atomic E-state index is 0.212. The summed E-state index contributed by atoms with van der Waals surface area (Å²) >= 11 is 0. The van der Waals surface area contributed by atoms with Crippen LogP contribution in [0.15, 0.2) is 48.5 Å². The number of rotatable bonds is 4. The van der Waals surface area contributed by atoms with Crippen LogP contribution in [-0.2, 0) is 0 Å². The monoisotopic (exact) mass is 271 g/mol. The van der Waals surface area contributed by atoms with Crippen LogP contribution in [0.4, 0.5) is 0 Å². The number of aryl methyl sites for hydroxylation is 1. The third-order valence-corrected chi connectivity index (χ3v) is 2.99. The van der Waals surface area contributed by atoms with Gasteiger partial charge in [-0.1, -0.05) is 68.7 Å². The third kappa shape index (κ3) is 5.45. The molecule has 0 saturated heterocycles. The molecule has 2 nitrogen and oxygen atoms in total. The highest BCUT2D eigenvalue weighted by Crippen LogP contribution is 2.22. The maximum absolute atomic E-state index is 5.30. The van der Waals surface area contributed by atoms with Crippen LogP contribution < -0.4 is 10.5 Å². The van der Waals surface area contributed by atoms with Crippen LogP contribution in [0.3, 0.4) is 0 Å². The Morgan fingerprint density at radius 1 is 0.800 bits per heavy atom. The molecule has 108 valence electrons. The average Bonchev–Trinajstić information content (AvgIpc) is 2.50. The van der Waals surface area contributed by atoms with Crippen molar-refractivity contribution in [2.75, 3.05) is 6.73 Å². The van der Waals surface area contributed by atoms with E-state index < -0.39 is 0 Å². The van der Waals surface area contributed by atoms with E-state index in [1.165, 1.54) is 29.5 Å². The number of benzene rings is 2. The molecule has 0 radical (unpaired) electrons. The largest absolute Gasteiger partial charge is 0.479 e.